The third-order valence-electron chi connectivity index (χ3n) is 2.58. The van der Waals surface area contributed by atoms with Gasteiger partial charge in [0, 0.05) is 25.2 Å². The first kappa shape index (κ1) is 15.9. The number of hydrogen-bond acceptors (Lipinski definition) is 3. The lowest BCUT2D eigenvalue weighted by atomic mass is 10.2. The van der Waals surface area contributed by atoms with E-state index in [9.17, 15) is 14.0 Å². The van der Waals surface area contributed by atoms with Crippen molar-refractivity contribution in [3.05, 3.63) is 29.6 Å². The molecule has 1 rings (SSSR count). The number of carbonyl (C=O) groups is 2. The summed E-state index contributed by atoms with van der Waals surface area (Å²) in [5.74, 6) is -1.000. The molecule has 0 saturated carbocycles. The van der Waals surface area contributed by atoms with E-state index in [1.165, 1.54) is 12.1 Å². The highest BCUT2D eigenvalue weighted by atomic mass is 19.1. The van der Waals surface area contributed by atoms with Crippen molar-refractivity contribution < 1.29 is 14.0 Å². The molecule has 0 radical (unpaired) electrons. The van der Waals surface area contributed by atoms with E-state index >= 15 is 0 Å². The first-order valence-corrected chi connectivity index (χ1v) is 6.50. The molecule has 20 heavy (non-hydrogen) atoms. The molecule has 2 amide bonds. The molecule has 4 N–H and O–H groups in total. The maximum Gasteiger partial charge on any atom is 0.254 e. The Kier molecular flexibility index (Phi) is 5.96. The zero-order chi connectivity index (χ0) is 15.1. The van der Waals surface area contributed by atoms with Crippen molar-refractivity contribution in [2.45, 2.75) is 20.3 Å². The molecule has 0 unspecified atom stereocenters. The number of carbonyl (C=O) groups excluding carboxylic acids is 2. The Morgan fingerprint density at radius 2 is 2.00 bits per heavy atom. The number of nitrogens with two attached hydrogens (primary N) is 1. The minimum absolute atomic E-state index is 0.0817. The van der Waals surface area contributed by atoms with Gasteiger partial charge in [-0.2, -0.15) is 0 Å². The second-order valence-corrected chi connectivity index (χ2v) is 4.94. The fourth-order valence-electron chi connectivity index (χ4n) is 1.51. The van der Waals surface area contributed by atoms with Crippen molar-refractivity contribution in [2.75, 3.05) is 18.8 Å². The monoisotopic (exact) mass is 281 g/mol. The van der Waals surface area contributed by atoms with Crippen LogP contribution in [-0.2, 0) is 4.79 Å². The normalized spacial score (nSPS) is 10.4. The van der Waals surface area contributed by atoms with Crippen LogP contribution in [0.15, 0.2) is 18.2 Å². The molecule has 0 bridgehead atoms. The highest BCUT2D eigenvalue weighted by Crippen LogP contribution is 2.11. The van der Waals surface area contributed by atoms with Crippen LogP contribution in [-0.4, -0.2) is 24.9 Å². The Labute approximate surface area is 117 Å². The summed E-state index contributed by atoms with van der Waals surface area (Å²) in [6.45, 7) is 4.74. The van der Waals surface area contributed by atoms with Crippen molar-refractivity contribution >= 4 is 17.5 Å². The number of nitrogens with one attached hydrogen (secondary N) is 2. The van der Waals surface area contributed by atoms with Gasteiger partial charge in [-0.05, 0) is 24.1 Å². The molecule has 0 atom stereocenters. The molecule has 0 saturated heterocycles. The van der Waals surface area contributed by atoms with E-state index in [-0.39, 0.29) is 30.1 Å². The molecule has 0 aliphatic rings. The molecule has 110 valence electrons. The molecular formula is C14H20FN3O2. The summed E-state index contributed by atoms with van der Waals surface area (Å²) in [7, 11) is 0. The molecule has 6 heteroatoms. The van der Waals surface area contributed by atoms with Gasteiger partial charge in [-0.15, -0.1) is 0 Å². The number of nitrogen functional groups attached to an aromatic ring is 1. The van der Waals surface area contributed by atoms with Crippen molar-refractivity contribution in [3.63, 3.8) is 0 Å². The van der Waals surface area contributed by atoms with Gasteiger partial charge in [0.15, 0.2) is 0 Å². The van der Waals surface area contributed by atoms with Gasteiger partial charge in [0.25, 0.3) is 5.91 Å². The van der Waals surface area contributed by atoms with Gasteiger partial charge in [-0.3, -0.25) is 9.59 Å². The SMILES string of the molecule is CC(C)CNC(=O)CCNC(=O)c1ccc(N)cc1F. The van der Waals surface area contributed by atoms with Gasteiger partial charge in [0.1, 0.15) is 5.82 Å². The van der Waals surface area contributed by atoms with Crippen molar-refractivity contribution in [1.82, 2.24) is 10.6 Å². The maximum atomic E-state index is 13.5. The topological polar surface area (TPSA) is 84.2 Å². The summed E-state index contributed by atoms with van der Waals surface area (Å²) in [6, 6.07) is 3.86. The third-order valence-corrected chi connectivity index (χ3v) is 2.58. The fraction of sp³-hybridized carbons (Fsp3) is 0.429. The third kappa shape index (κ3) is 5.26. The van der Waals surface area contributed by atoms with E-state index in [1.807, 2.05) is 13.8 Å². The second-order valence-electron chi connectivity index (χ2n) is 4.94. The summed E-state index contributed by atoms with van der Waals surface area (Å²) in [5, 5.41) is 5.23. The largest absolute Gasteiger partial charge is 0.399 e. The van der Waals surface area contributed by atoms with Gasteiger partial charge in [0.2, 0.25) is 5.91 Å². The summed E-state index contributed by atoms with van der Waals surface area (Å²) in [6.07, 6.45) is 0.162. The zero-order valence-electron chi connectivity index (χ0n) is 11.7. The predicted molar refractivity (Wildman–Crippen MR) is 75.6 cm³/mol. The first-order chi connectivity index (χ1) is 9.40. The van der Waals surface area contributed by atoms with Gasteiger partial charge in [0.05, 0.1) is 5.56 Å². The molecule has 0 aliphatic heterocycles. The fourth-order valence-corrected chi connectivity index (χ4v) is 1.51. The predicted octanol–water partition coefficient (Wildman–Crippen LogP) is 1.30. The highest BCUT2D eigenvalue weighted by Gasteiger charge is 2.11. The lowest BCUT2D eigenvalue weighted by Gasteiger charge is -2.09. The average Bonchev–Trinajstić information content (AvgIpc) is 2.36. The average molecular weight is 281 g/mol. The Hall–Kier alpha value is -2.11. The quantitative estimate of drug-likeness (QED) is 0.687. The number of benzene rings is 1. The van der Waals surface area contributed by atoms with Crippen LogP contribution in [0.2, 0.25) is 0 Å². The van der Waals surface area contributed by atoms with Crippen LogP contribution in [0.5, 0.6) is 0 Å². The van der Waals surface area contributed by atoms with Crippen LogP contribution < -0.4 is 16.4 Å². The van der Waals surface area contributed by atoms with Gasteiger partial charge >= 0.3 is 0 Å². The van der Waals surface area contributed by atoms with Crippen LogP contribution in [0.25, 0.3) is 0 Å². The molecule has 0 spiro atoms. The lowest BCUT2D eigenvalue weighted by molar-refractivity contribution is -0.121. The Balaban J connectivity index is 2.38. The van der Waals surface area contributed by atoms with Crippen molar-refractivity contribution in [3.8, 4) is 0 Å². The van der Waals surface area contributed by atoms with Crippen LogP contribution in [0, 0.1) is 11.7 Å². The summed E-state index contributed by atoms with van der Waals surface area (Å²) in [5.41, 5.74) is 5.58. The molecule has 0 aliphatic carbocycles. The number of hydrogen-bond donors (Lipinski definition) is 3. The van der Waals surface area contributed by atoms with E-state index in [2.05, 4.69) is 10.6 Å². The van der Waals surface area contributed by atoms with E-state index in [0.717, 1.165) is 6.07 Å². The minimum atomic E-state index is -0.674. The van der Waals surface area contributed by atoms with E-state index in [4.69, 9.17) is 5.73 Å². The highest BCUT2D eigenvalue weighted by molar-refractivity contribution is 5.95. The Morgan fingerprint density at radius 1 is 1.30 bits per heavy atom. The number of rotatable bonds is 6. The van der Waals surface area contributed by atoms with E-state index in [0.29, 0.717) is 12.5 Å². The van der Waals surface area contributed by atoms with Crippen LogP contribution in [0.3, 0.4) is 0 Å². The summed E-state index contributed by atoms with van der Waals surface area (Å²) in [4.78, 5) is 23.1. The molecule has 1 aromatic rings. The second kappa shape index (κ2) is 7.47. The maximum absolute atomic E-state index is 13.5. The molecule has 5 nitrogen and oxygen atoms in total. The minimum Gasteiger partial charge on any atom is -0.399 e. The molecule has 1 aromatic carbocycles. The van der Waals surface area contributed by atoms with E-state index in [1.54, 1.807) is 0 Å². The van der Waals surface area contributed by atoms with Gasteiger partial charge in [-0.25, -0.2) is 4.39 Å². The van der Waals surface area contributed by atoms with Gasteiger partial charge < -0.3 is 16.4 Å². The van der Waals surface area contributed by atoms with Gasteiger partial charge in [-0.1, -0.05) is 13.8 Å². The molecule has 0 fully saturated rings. The first-order valence-electron chi connectivity index (χ1n) is 6.50. The van der Waals surface area contributed by atoms with Crippen LogP contribution >= 0.6 is 0 Å². The van der Waals surface area contributed by atoms with Crippen molar-refractivity contribution in [2.24, 2.45) is 5.92 Å². The van der Waals surface area contributed by atoms with Crippen LogP contribution in [0.1, 0.15) is 30.6 Å². The number of amides is 2. The van der Waals surface area contributed by atoms with Crippen molar-refractivity contribution in [1.29, 1.82) is 0 Å². The summed E-state index contributed by atoms with van der Waals surface area (Å²) < 4.78 is 13.5. The molecule has 0 aromatic heterocycles. The smallest absolute Gasteiger partial charge is 0.254 e. The zero-order valence-corrected chi connectivity index (χ0v) is 11.7. The lowest BCUT2D eigenvalue weighted by Crippen LogP contribution is -2.32. The number of halogens is 1. The molecule has 0 heterocycles. The summed E-state index contributed by atoms with van der Waals surface area (Å²) >= 11 is 0. The van der Waals surface area contributed by atoms with E-state index < -0.39 is 11.7 Å². The Bertz CT molecular complexity index is 489. The number of anilines is 1. The Morgan fingerprint density at radius 3 is 2.60 bits per heavy atom. The molecular weight excluding hydrogens is 261 g/mol. The standard InChI is InChI=1S/C14H20FN3O2/c1-9(2)8-18-13(19)5-6-17-14(20)11-4-3-10(16)7-12(11)15/h3-4,7,9H,5-6,8,16H2,1-2H3,(H,17,20)(H,18,19). The van der Waals surface area contributed by atoms with Crippen LogP contribution in [0.4, 0.5) is 10.1 Å².